The minimum absolute atomic E-state index is 0.0540. The SMILES string of the molecule is CCCCCCCCCCCCCCCCCCNC(=O)C1CC=CCC1COC(=O)NCCCN(C)C. The smallest absolute Gasteiger partial charge is 0.407 e. The van der Waals surface area contributed by atoms with Crippen molar-refractivity contribution in [3.8, 4) is 0 Å². The number of hydrogen-bond acceptors (Lipinski definition) is 4. The van der Waals surface area contributed by atoms with Crippen LogP contribution in [0, 0.1) is 11.8 Å². The summed E-state index contributed by atoms with van der Waals surface area (Å²) in [4.78, 5) is 26.9. The van der Waals surface area contributed by atoms with E-state index in [0.29, 0.717) is 13.2 Å². The Bertz CT molecular complexity index is 609. The second kappa shape index (κ2) is 24.5. The van der Waals surface area contributed by atoms with Crippen LogP contribution < -0.4 is 10.6 Å². The van der Waals surface area contributed by atoms with Crippen molar-refractivity contribution in [2.45, 2.75) is 129 Å². The van der Waals surface area contributed by atoms with Gasteiger partial charge in [0, 0.05) is 24.9 Å². The summed E-state index contributed by atoms with van der Waals surface area (Å²) in [5.41, 5.74) is 0. The summed E-state index contributed by atoms with van der Waals surface area (Å²) in [6.07, 6.45) is 27.8. The van der Waals surface area contributed by atoms with Crippen molar-refractivity contribution >= 4 is 12.0 Å². The van der Waals surface area contributed by atoms with Gasteiger partial charge < -0.3 is 20.3 Å². The molecule has 2 N–H and O–H groups in total. The van der Waals surface area contributed by atoms with Crippen molar-refractivity contribution in [3.05, 3.63) is 12.2 Å². The molecular weight excluding hydrogens is 474 g/mol. The number of carbonyl (C=O) groups is 2. The van der Waals surface area contributed by atoms with Gasteiger partial charge in [0.1, 0.15) is 0 Å². The Morgan fingerprint density at radius 2 is 1.21 bits per heavy atom. The molecule has 6 nitrogen and oxygen atoms in total. The second-order valence-electron chi connectivity index (χ2n) is 11.6. The Labute approximate surface area is 235 Å². The van der Waals surface area contributed by atoms with Gasteiger partial charge in [-0.05, 0) is 46.3 Å². The van der Waals surface area contributed by atoms with Crippen LogP contribution in [-0.2, 0) is 9.53 Å². The Kier molecular flexibility index (Phi) is 22.2. The van der Waals surface area contributed by atoms with E-state index < -0.39 is 0 Å². The highest BCUT2D eigenvalue weighted by Crippen LogP contribution is 2.26. The third-order valence-corrected chi connectivity index (χ3v) is 7.71. The first-order chi connectivity index (χ1) is 18.5. The number of hydrogen-bond donors (Lipinski definition) is 2. The van der Waals surface area contributed by atoms with E-state index in [9.17, 15) is 9.59 Å². The van der Waals surface area contributed by atoms with Crippen LogP contribution in [0.15, 0.2) is 12.2 Å². The fourth-order valence-electron chi connectivity index (χ4n) is 5.21. The molecular formula is C32H61N3O3. The lowest BCUT2D eigenvalue weighted by Gasteiger charge is -2.27. The lowest BCUT2D eigenvalue weighted by Crippen LogP contribution is -2.39. The summed E-state index contributed by atoms with van der Waals surface area (Å²) >= 11 is 0. The maximum Gasteiger partial charge on any atom is 0.407 e. The molecule has 0 radical (unpaired) electrons. The van der Waals surface area contributed by atoms with Crippen LogP contribution in [0.3, 0.4) is 0 Å². The molecule has 2 atom stereocenters. The fourth-order valence-corrected chi connectivity index (χ4v) is 5.21. The van der Waals surface area contributed by atoms with Crippen LogP contribution in [-0.4, -0.2) is 57.2 Å². The topological polar surface area (TPSA) is 70.7 Å². The summed E-state index contributed by atoms with van der Waals surface area (Å²) in [5.74, 6) is 0.0521. The summed E-state index contributed by atoms with van der Waals surface area (Å²) in [5, 5.41) is 5.94. The van der Waals surface area contributed by atoms with E-state index in [-0.39, 0.29) is 23.8 Å². The van der Waals surface area contributed by atoms with E-state index in [2.05, 4.69) is 34.6 Å². The van der Waals surface area contributed by atoms with Crippen LogP contribution >= 0.6 is 0 Å². The van der Waals surface area contributed by atoms with E-state index in [1.165, 1.54) is 96.3 Å². The number of alkyl carbamates (subject to hydrolysis) is 1. The van der Waals surface area contributed by atoms with Gasteiger partial charge >= 0.3 is 6.09 Å². The number of ether oxygens (including phenoxy) is 1. The molecule has 222 valence electrons. The van der Waals surface area contributed by atoms with Gasteiger partial charge in [0.05, 0.1) is 6.61 Å². The summed E-state index contributed by atoms with van der Waals surface area (Å²) in [6, 6.07) is 0. The number of unbranched alkanes of at least 4 members (excludes halogenated alkanes) is 15. The zero-order valence-electron chi connectivity index (χ0n) is 25.2. The van der Waals surface area contributed by atoms with Crippen molar-refractivity contribution < 1.29 is 14.3 Å². The monoisotopic (exact) mass is 535 g/mol. The highest BCUT2D eigenvalue weighted by Gasteiger charge is 2.29. The van der Waals surface area contributed by atoms with Gasteiger partial charge in [0.25, 0.3) is 0 Å². The van der Waals surface area contributed by atoms with Crippen LogP contribution in [0.2, 0.25) is 0 Å². The molecule has 2 amide bonds. The molecule has 0 heterocycles. The molecule has 0 bridgehead atoms. The Hall–Kier alpha value is -1.56. The van der Waals surface area contributed by atoms with Gasteiger partial charge in [-0.3, -0.25) is 4.79 Å². The van der Waals surface area contributed by atoms with E-state index >= 15 is 0 Å². The molecule has 6 heteroatoms. The molecule has 0 fully saturated rings. The first-order valence-corrected chi connectivity index (χ1v) is 16.0. The van der Waals surface area contributed by atoms with Gasteiger partial charge in [-0.25, -0.2) is 4.79 Å². The molecule has 1 aliphatic carbocycles. The minimum atomic E-state index is -0.384. The molecule has 0 saturated carbocycles. The Morgan fingerprint density at radius 3 is 1.76 bits per heavy atom. The van der Waals surface area contributed by atoms with E-state index in [0.717, 1.165) is 38.8 Å². The minimum Gasteiger partial charge on any atom is -0.449 e. The van der Waals surface area contributed by atoms with Gasteiger partial charge in [0.15, 0.2) is 0 Å². The lowest BCUT2D eigenvalue weighted by atomic mass is 9.83. The maximum atomic E-state index is 12.8. The summed E-state index contributed by atoms with van der Waals surface area (Å²) in [7, 11) is 4.03. The highest BCUT2D eigenvalue weighted by molar-refractivity contribution is 5.79. The van der Waals surface area contributed by atoms with E-state index in [1.54, 1.807) is 0 Å². The maximum absolute atomic E-state index is 12.8. The van der Waals surface area contributed by atoms with Crippen molar-refractivity contribution in [2.75, 3.05) is 40.3 Å². The number of allylic oxidation sites excluding steroid dienone is 2. The fraction of sp³-hybridized carbons (Fsp3) is 0.875. The first-order valence-electron chi connectivity index (χ1n) is 16.0. The average Bonchev–Trinajstić information content (AvgIpc) is 2.91. The van der Waals surface area contributed by atoms with Gasteiger partial charge in [-0.1, -0.05) is 115 Å². The zero-order valence-corrected chi connectivity index (χ0v) is 25.2. The largest absolute Gasteiger partial charge is 0.449 e. The van der Waals surface area contributed by atoms with Crippen LogP contribution in [0.5, 0.6) is 0 Å². The Balaban J connectivity index is 1.99. The van der Waals surface area contributed by atoms with Crippen molar-refractivity contribution in [2.24, 2.45) is 11.8 Å². The van der Waals surface area contributed by atoms with Crippen LogP contribution in [0.25, 0.3) is 0 Å². The number of rotatable bonds is 24. The van der Waals surface area contributed by atoms with Crippen LogP contribution in [0.4, 0.5) is 4.79 Å². The number of carbonyl (C=O) groups excluding carboxylic acids is 2. The molecule has 0 aliphatic heterocycles. The Morgan fingerprint density at radius 1 is 0.711 bits per heavy atom. The summed E-state index contributed by atoms with van der Waals surface area (Å²) in [6.45, 7) is 4.85. The molecule has 2 unspecified atom stereocenters. The quantitative estimate of drug-likeness (QED) is 0.0985. The highest BCUT2D eigenvalue weighted by atomic mass is 16.5. The van der Waals surface area contributed by atoms with Crippen molar-refractivity contribution in [3.63, 3.8) is 0 Å². The zero-order chi connectivity index (χ0) is 27.7. The van der Waals surface area contributed by atoms with Gasteiger partial charge in [-0.15, -0.1) is 0 Å². The standard InChI is InChI=1S/C32H61N3O3/c1-4-5-6-7-8-9-10-11-12-13-14-15-16-17-18-21-25-33-31(36)30-24-20-19-23-29(30)28-38-32(37)34-26-22-27-35(2)3/h19-20,29-30H,4-18,21-28H2,1-3H3,(H,33,36)(H,34,37). The molecule has 0 saturated heterocycles. The number of nitrogens with zero attached hydrogens (tertiary/aromatic N) is 1. The molecule has 0 aromatic carbocycles. The molecule has 0 spiro atoms. The van der Waals surface area contributed by atoms with E-state index in [1.807, 2.05) is 14.1 Å². The van der Waals surface area contributed by atoms with Crippen molar-refractivity contribution in [1.29, 1.82) is 0 Å². The molecule has 0 aromatic heterocycles. The normalized spacial score (nSPS) is 17.1. The number of amides is 2. The molecule has 1 rings (SSSR count). The summed E-state index contributed by atoms with van der Waals surface area (Å²) < 4.78 is 5.43. The molecule has 38 heavy (non-hydrogen) atoms. The average molecular weight is 536 g/mol. The van der Waals surface area contributed by atoms with Crippen molar-refractivity contribution in [1.82, 2.24) is 15.5 Å². The second-order valence-corrected chi connectivity index (χ2v) is 11.6. The predicted octanol–water partition coefficient (Wildman–Crippen LogP) is 7.62. The van der Waals surface area contributed by atoms with Gasteiger partial charge in [-0.2, -0.15) is 0 Å². The van der Waals surface area contributed by atoms with E-state index in [4.69, 9.17) is 4.74 Å². The first kappa shape index (κ1) is 34.5. The predicted molar refractivity (Wildman–Crippen MR) is 160 cm³/mol. The third kappa shape index (κ3) is 19.5. The molecule has 0 aromatic rings. The van der Waals surface area contributed by atoms with Crippen LogP contribution in [0.1, 0.15) is 129 Å². The molecule has 1 aliphatic rings. The van der Waals surface area contributed by atoms with Gasteiger partial charge in [0.2, 0.25) is 5.91 Å². The third-order valence-electron chi connectivity index (χ3n) is 7.71. The lowest BCUT2D eigenvalue weighted by molar-refractivity contribution is -0.127. The number of nitrogens with one attached hydrogen (secondary N) is 2.